The standard InChI is InChI=1S/C15H15N/c1-12-15-10-6-5-7-13(15)11-16(12)14-8-3-2-4-9-14/h2-10,12H,11H2,1H3. The molecule has 0 amide bonds. The zero-order chi connectivity index (χ0) is 11.0. The summed E-state index contributed by atoms with van der Waals surface area (Å²) in [6.45, 7) is 3.31. The zero-order valence-electron chi connectivity index (χ0n) is 9.43. The molecule has 0 radical (unpaired) electrons. The minimum atomic E-state index is 0.485. The van der Waals surface area contributed by atoms with Crippen LogP contribution >= 0.6 is 0 Å². The van der Waals surface area contributed by atoms with Crippen LogP contribution in [0.1, 0.15) is 24.1 Å². The Kier molecular flexibility index (Phi) is 2.17. The Labute approximate surface area is 96.3 Å². The van der Waals surface area contributed by atoms with Crippen molar-refractivity contribution in [1.82, 2.24) is 0 Å². The van der Waals surface area contributed by atoms with Crippen molar-refractivity contribution in [3.8, 4) is 0 Å². The van der Waals surface area contributed by atoms with E-state index in [0.29, 0.717) is 6.04 Å². The second-order valence-corrected chi connectivity index (χ2v) is 4.34. The molecule has 1 atom stereocenters. The number of hydrogen-bond donors (Lipinski definition) is 0. The molecule has 3 rings (SSSR count). The van der Waals surface area contributed by atoms with Gasteiger partial charge in [-0.1, -0.05) is 42.5 Å². The number of anilines is 1. The summed E-state index contributed by atoms with van der Waals surface area (Å²) in [5.41, 5.74) is 4.23. The molecule has 1 heterocycles. The van der Waals surface area contributed by atoms with Crippen molar-refractivity contribution in [3.63, 3.8) is 0 Å². The topological polar surface area (TPSA) is 3.24 Å². The molecule has 0 spiro atoms. The molecule has 1 unspecified atom stereocenters. The third-order valence-electron chi connectivity index (χ3n) is 3.40. The summed E-state index contributed by atoms with van der Waals surface area (Å²) in [6.07, 6.45) is 0. The summed E-state index contributed by atoms with van der Waals surface area (Å²) in [6, 6.07) is 19.8. The van der Waals surface area contributed by atoms with Crippen molar-refractivity contribution in [2.75, 3.05) is 4.90 Å². The molecule has 1 nitrogen and oxygen atoms in total. The maximum absolute atomic E-state index is 2.45. The fraction of sp³-hybridized carbons (Fsp3) is 0.200. The molecule has 0 aliphatic carbocycles. The lowest BCUT2D eigenvalue weighted by atomic mass is 10.1. The fourth-order valence-corrected chi connectivity index (χ4v) is 2.51. The van der Waals surface area contributed by atoms with Crippen LogP contribution in [0.25, 0.3) is 0 Å². The quantitative estimate of drug-likeness (QED) is 0.691. The molecular weight excluding hydrogens is 194 g/mol. The molecule has 0 saturated heterocycles. The molecule has 1 aliphatic heterocycles. The average molecular weight is 209 g/mol. The first-order chi connectivity index (χ1) is 7.86. The summed E-state index contributed by atoms with van der Waals surface area (Å²) < 4.78 is 0. The first-order valence-electron chi connectivity index (χ1n) is 5.76. The van der Waals surface area contributed by atoms with Crippen LogP contribution in [0.5, 0.6) is 0 Å². The minimum Gasteiger partial charge on any atom is -0.360 e. The summed E-state index contributed by atoms with van der Waals surface area (Å²) in [5, 5.41) is 0. The monoisotopic (exact) mass is 209 g/mol. The molecule has 16 heavy (non-hydrogen) atoms. The molecule has 0 fully saturated rings. The highest BCUT2D eigenvalue weighted by Crippen LogP contribution is 2.36. The minimum absolute atomic E-state index is 0.485. The Morgan fingerprint density at radius 3 is 2.38 bits per heavy atom. The average Bonchev–Trinajstić information content (AvgIpc) is 2.69. The lowest BCUT2D eigenvalue weighted by molar-refractivity contribution is 0.733. The second-order valence-electron chi connectivity index (χ2n) is 4.34. The van der Waals surface area contributed by atoms with Gasteiger partial charge in [-0.2, -0.15) is 0 Å². The number of hydrogen-bond acceptors (Lipinski definition) is 1. The van der Waals surface area contributed by atoms with Crippen LogP contribution in [0, 0.1) is 0 Å². The zero-order valence-corrected chi connectivity index (χ0v) is 9.43. The Balaban J connectivity index is 1.99. The van der Waals surface area contributed by atoms with Crippen LogP contribution in [0.3, 0.4) is 0 Å². The molecule has 80 valence electrons. The summed E-state index contributed by atoms with van der Waals surface area (Å²) in [5.74, 6) is 0. The molecule has 0 saturated carbocycles. The Bertz CT molecular complexity index is 490. The lowest BCUT2D eigenvalue weighted by Gasteiger charge is -2.24. The van der Waals surface area contributed by atoms with Gasteiger partial charge in [0.05, 0.1) is 6.04 Å². The highest BCUT2D eigenvalue weighted by Gasteiger charge is 2.25. The Morgan fingerprint density at radius 1 is 0.938 bits per heavy atom. The van der Waals surface area contributed by atoms with E-state index in [2.05, 4.69) is 66.4 Å². The number of benzene rings is 2. The summed E-state index contributed by atoms with van der Waals surface area (Å²) in [7, 11) is 0. The predicted molar refractivity (Wildman–Crippen MR) is 67.5 cm³/mol. The van der Waals surface area contributed by atoms with E-state index in [-0.39, 0.29) is 0 Å². The van der Waals surface area contributed by atoms with E-state index in [1.807, 2.05) is 0 Å². The van der Waals surface area contributed by atoms with Crippen LogP contribution in [-0.4, -0.2) is 0 Å². The van der Waals surface area contributed by atoms with Gasteiger partial charge in [-0.3, -0.25) is 0 Å². The van der Waals surface area contributed by atoms with Gasteiger partial charge in [-0.25, -0.2) is 0 Å². The molecule has 0 aromatic heterocycles. The number of para-hydroxylation sites is 1. The van der Waals surface area contributed by atoms with Crippen LogP contribution in [0.2, 0.25) is 0 Å². The molecule has 1 heteroatoms. The first kappa shape index (κ1) is 9.46. The van der Waals surface area contributed by atoms with E-state index < -0.39 is 0 Å². The van der Waals surface area contributed by atoms with Crippen molar-refractivity contribution < 1.29 is 0 Å². The van der Waals surface area contributed by atoms with E-state index in [1.165, 1.54) is 16.8 Å². The number of nitrogens with zero attached hydrogens (tertiary/aromatic N) is 1. The van der Waals surface area contributed by atoms with Gasteiger partial charge in [-0.05, 0) is 30.2 Å². The summed E-state index contributed by atoms with van der Waals surface area (Å²) >= 11 is 0. The van der Waals surface area contributed by atoms with Gasteiger partial charge >= 0.3 is 0 Å². The van der Waals surface area contributed by atoms with Crippen LogP contribution in [-0.2, 0) is 6.54 Å². The Morgan fingerprint density at radius 2 is 1.62 bits per heavy atom. The van der Waals surface area contributed by atoms with Gasteiger partial charge in [0, 0.05) is 12.2 Å². The van der Waals surface area contributed by atoms with E-state index in [0.717, 1.165) is 6.54 Å². The van der Waals surface area contributed by atoms with E-state index in [9.17, 15) is 0 Å². The molecule has 0 N–H and O–H groups in total. The van der Waals surface area contributed by atoms with Crippen LogP contribution < -0.4 is 4.90 Å². The molecule has 1 aliphatic rings. The van der Waals surface area contributed by atoms with Gasteiger partial charge < -0.3 is 4.90 Å². The van der Waals surface area contributed by atoms with Gasteiger partial charge in [0.25, 0.3) is 0 Å². The second kappa shape index (κ2) is 3.67. The molecular formula is C15H15N. The molecule has 0 bridgehead atoms. The Hall–Kier alpha value is -1.76. The van der Waals surface area contributed by atoms with Crippen molar-refractivity contribution >= 4 is 5.69 Å². The third kappa shape index (κ3) is 1.40. The fourth-order valence-electron chi connectivity index (χ4n) is 2.51. The number of rotatable bonds is 1. The van der Waals surface area contributed by atoms with Crippen LogP contribution in [0.15, 0.2) is 54.6 Å². The van der Waals surface area contributed by atoms with E-state index in [1.54, 1.807) is 0 Å². The largest absolute Gasteiger partial charge is 0.360 e. The maximum Gasteiger partial charge on any atom is 0.0521 e. The highest BCUT2D eigenvalue weighted by molar-refractivity contribution is 5.54. The van der Waals surface area contributed by atoms with Crippen molar-refractivity contribution in [3.05, 3.63) is 65.7 Å². The van der Waals surface area contributed by atoms with Crippen molar-refractivity contribution in [2.45, 2.75) is 19.5 Å². The normalized spacial score (nSPS) is 18.6. The maximum atomic E-state index is 2.45. The third-order valence-corrected chi connectivity index (χ3v) is 3.40. The van der Waals surface area contributed by atoms with Crippen LogP contribution in [0.4, 0.5) is 5.69 Å². The van der Waals surface area contributed by atoms with Gasteiger partial charge in [0.2, 0.25) is 0 Å². The SMILES string of the molecule is CC1c2ccccc2CN1c1ccccc1. The van der Waals surface area contributed by atoms with Crippen molar-refractivity contribution in [2.24, 2.45) is 0 Å². The molecule has 2 aromatic rings. The van der Waals surface area contributed by atoms with Crippen molar-refractivity contribution in [1.29, 1.82) is 0 Å². The number of fused-ring (bicyclic) bond motifs is 1. The smallest absolute Gasteiger partial charge is 0.0521 e. The van der Waals surface area contributed by atoms with Gasteiger partial charge in [-0.15, -0.1) is 0 Å². The lowest BCUT2D eigenvalue weighted by Crippen LogP contribution is -2.18. The van der Waals surface area contributed by atoms with E-state index >= 15 is 0 Å². The van der Waals surface area contributed by atoms with Gasteiger partial charge in [0.15, 0.2) is 0 Å². The van der Waals surface area contributed by atoms with E-state index in [4.69, 9.17) is 0 Å². The predicted octanol–water partition coefficient (Wildman–Crippen LogP) is 3.77. The summed E-state index contributed by atoms with van der Waals surface area (Å²) in [4.78, 5) is 2.45. The molecule has 2 aromatic carbocycles. The van der Waals surface area contributed by atoms with Gasteiger partial charge in [0.1, 0.15) is 0 Å². The first-order valence-corrected chi connectivity index (χ1v) is 5.76. The highest BCUT2D eigenvalue weighted by atomic mass is 15.2.